The highest BCUT2D eigenvalue weighted by molar-refractivity contribution is 6.35. The number of rotatable bonds is 3. The Morgan fingerprint density at radius 3 is 2.24 bits per heavy atom. The first kappa shape index (κ1) is 19.5. The Kier molecular flexibility index (Phi) is 4.88. The Labute approximate surface area is 173 Å². The van der Waals surface area contributed by atoms with Gasteiger partial charge in [0.05, 0.1) is 5.56 Å². The average Bonchev–Trinajstić information content (AvgIpc) is 3.01. The second kappa shape index (κ2) is 7.24. The molecule has 2 aromatic heterocycles. The second-order valence-electron chi connectivity index (χ2n) is 6.39. The molecule has 0 atom stereocenters. The van der Waals surface area contributed by atoms with Crippen LogP contribution in [0.4, 0.5) is 24.7 Å². The second-order valence-corrected chi connectivity index (χ2v) is 7.26. The van der Waals surface area contributed by atoms with E-state index in [9.17, 15) is 13.2 Å². The number of aryl methyl sites for hydroxylation is 1. The molecule has 148 valence electrons. The molecule has 4 rings (SSSR count). The lowest BCUT2D eigenvalue weighted by atomic mass is 10.1. The number of hydrogen-bond acceptors (Lipinski definition) is 3. The lowest BCUT2D eigenvalue weighted by Gasteiger charge is -2.10. The van der Waals surface area contributed by atoms with Crippen LogP contribution in [-0.4, -0.2) is 14.6 Å². The summed E-state index contributed by atoms with van der Waals surface area (Å²) in [5, 5.41) is 7.66. The van der Waals surface area contributed by atoms with Gasteiger partial charge in [-0.1, -0.05) is 53.5 Å². The largest absolute Gasteiger partial charge is 0.435 e. The molecular weight excluding hydrogens is 424 g/mol. The number of anilines is 2. The van der Waals surface area contributed by atoms with Gasteiger partial charge in [0.25, 0.3) is 0 Å². The molecule has 1 N–H and O–H groups in total. The van der Waals surface area contributed by atoms with Crippen LogP contribution in [0.3, 0.4) is 0 Å². The number of fused-ring (bicyclic) bond motifs is 1. The van der Waals surface area contributed by atoms with Crippen molar-refractivity contribution in [3.05, 3.63) is 76.0 Å². The van der Waals surface area contributed by atoms with Gasteiger partial charge in [-0.25, -0.2) is 4.98 Å². The number of halogens is 5. The molecule has 0 aliphatic rings. The quantitative estimate of drug-likeness (QED) is 0.385. The van der Waals surface area contributed by atoms with Crippen molar-refractivity contribution in [1.82, 2.24) is 14.6 Å². The van der Waals surface area contributed by atoms with Crippen molar-refractivity contribution in [2.45, 2.75) is 13.1 Å². The van der Waals surface area contributed by atoms with Gasteiger partial charge in [0, 0.05) is 27.5 Å². The van der Waals surface area contributed by atoms with Crippen molar-refractivity contribution >= 4 is 40.4 Å². The van der Waals surface area contributed by atoms with Crippen LogP contribution in [0.1, 0.15) is 11.4 Å². The predicted octanol–water partition coefficient (Wildman–Crippen LogP) is 6.77. The summed E-state index contributed by atoms with van der Waals surface area (Å²) in [7, 11) is 0. The Morgan fingerprint density at radius 1 is 0.966 bits per heavy atom. The van der Waals surface area contributed by atoms with E-state index in [1.165, 1.54) is 0 Å². The van der Waals surface area contributed by atoms with E-state index in [2.05, 4.69) is 15.4 Å². The summed E-state index contributed by atoms with van der Waals surface area (Å²) in [6.07, 6.45) is -4.65. The molecule has 0 unspecified atom stereocenters. The van der Waals surface area contributed by atoms with E-state index in [1.807, 2.05) is 0 Å². The first-order valence-electron chi connectivity index (χ1n) is 8.48. The molecule has 29 heavy (non-hydrogen) atoms. The summed E-state index contributed by atoms with van der Waals surface area (Å²) in [6.45, 7) is 1.70. The lowest BCUT2D eigenvalue weighted by molar-refractivity contribution is -0.140. The fourth-order valence-electron chi connectivity index (χ4n) is 3.07. The number of hydrogen-bond donors (Lipinski definition) is 1. The van der Waals surface area contributed by atoms with Gasteiger partial charge < -0.3 is 5.32 Å². The van der Waals surface area contributed by atoms with E-state index in [0.29, 0.717) is 32.8 Å². The number of aromatic nitrogens is 3. The molecule has 0 fully saturated rings. The summed E-state index contributed by atoms with van der Waals surface area (Å²) in [5.41, 5.74) is 0.436. The minimum Gasteiger partial charge on any atom is -0.340 e. The monoisotopic (exact) mass is 436 g/mol. The van der Waals surface area contributed by atoms with Crippen molar-refractivity contribution in [2.24, 2.45) is 0 Å². The zero-order valence-electron chi connectivity index (χ0n) is 14.9. The summed E-state index contributed by atoms with van der Waals surface area (Å²) in [5.74, 6) is 0.304. The third-order valence-corrected chi connectivity index (χ3v) is 4.62. The molecule has 0 saturated heterocycles. The van der Waals surface area contributed by atoms with E-state index in [1.54, 1.807) is 61.5 Å². The highest BCUT2D eigenvalue weighted by atomic mass is 35.5. The Balaban J connectivity index is 1.97. The lowest BCUT2D eigenvalue weighted by Crippen LogP contribution is -2.08. The molecule has 0 bridgehead atoms. The molecular formula is C20H13Cl2F3N4. The van der Waals surface area contributed by atoms with Crippen molar-refractivity contribution in [3.8, 4) is 11.1 Å². The highest BCUT2D eigenvalue weighted by Crippen LogP contribution is 2.39. The van der Waals surface area contributed by atoms with Crippen LogP contribution in [0, 0.1) is 6.92 Å². The van der Waals surface area contributed by atoms with Gasteiger partial charge in [-0.15, -0.1) is 0 Å². The molecule has 0 aliphatic heterocycles. The molecule has 2 aromatic carbocycles. The van der Waals surface area contributed by atoms with Crippen LogP contribution in [-0.2, 0) is 6.18 Å². The van der Waals surface area contributed by atoms with E-state index >= 15 is 0 Å². The van der Waals surface area contributed by atoms with E-state index in [-0.39, 0.29) is 11.2 Å². The number of nitrogens with one attached hydrogen (secondary N) is 1. The molecule has 4 nitrogen and oxygen atoms in total. The van der Waals surface area contributed by atoms with Crippen molar-refractivity contribution < 1.29 is 13.2 Å². The minimum absolute atomic E-state index is 0.0750. The predicted molar refractivity (Wildman–Crippen MR) is 108 cm³/mol. The van der Waals surface area contributed by atoms with Gasteiger partial charge in [0.2, 0.25) is 0 Å². The van der Waals surface area contributed by atoms with Crippen LogP contribution >= 0.6 is 23.2 Å². The minimum atomic E-state index is -4.65. The molecule has 9 heteroatoms. The van der Waals surface area contributed by atoms with Gasteiger partial charge >= 0.3 is 6.18 Å². The maximum atomic E-state index is 13.8. The standard InChI is InChI=1S/C20H13Cl2F3N4/c1-11-7-16(27-15-9-13(21)8-14(22)10-15)29-19(26-11)17(12-5-3-2-4-6-12)18(28-29)20(23,24)25/h2-10,27H,1H3. The van der Waals surface area contributed by atoms with Crippen molar-refractivity contribution in [1.29, 1.82) is 0 Å². The van der Waals surface area contributed by atoms with E-state index in [4.69, 9.17) is 23.2 Å². The number of nitrogens with zero attached hydrogens (tertiary/aromatic N) is 3. The van der Waals surface area contributed by atoms with Crippen molar-refractivity contribution in [3.63, 3.8) is 0 Å². The van der Waals surface area contributed by atoms with Crippen LogP contribution < -0.4 is 5.32 Å². The first-order chi connectivity index (χ1) is 13.7. The fraction of sp³-hybridized carbons (Fsp3) is 0.100. The van der Waals surface area contributed by atoms with E-state index < -0.39 is 11.9 Å². The van der Waals surface area contributed by atoms with Crippen LogP contribution in [0.2, 0.25) is 10.0 Å². The SMILES string of the molecule is Cc1cc(Nc2cc(Cl)cc(Cl)c2)n2nc(C(F)(F)F)c(-c3ccccc3)c2n1. The van der Waals surface area contributed by atoms with Gasteiger partial charge in [-0.3, -0.25) is 0 Å². The molecule has 0 aliphatic carbocycles. The summed E-state index contributed by atoms with van der Waals surface area (Å²) in [6, 6.07) is 14.7. The molecule has 4 aromatic rings. The number of alkyl halides is 3. The maximum Gasteiger partial charge on any atom is 0.435 e. The third-order valence-electron chi connectivity index (χ3n) is 4.18. The summed E-state index contributed by atoms with van der Waals surface area (Å²) >= 11 is 12.1. The molecule has 0 amide bonds. The van der Waals surface area contributed by atoms with Gasteiger partial charge in [0.15, 0.2) is 11.3 Å². The summed E-state index contributed by atoms with van der Waals surface area (Å²) in [4.78, 5) is 4.33. The fourth-order valence-corrected chi connectivity index (χ4v) is 3.60. The Morgan fingerprint density at radius 2 is 1.62 bits per heavy atom. The molecule has 0 radical (unpaired) electrons. The van der Waals surface area contributed by atoms with Crippen LogP contribution in [0.25, 0.3) is 16.8 Å². The Bertz CT molecular complexity index is 1180. The topological polar surface area (TPSA) is 42.2 Å². The van der Waals surface area contributed by atoms with Crippen molar-refractivity contribution in [2.75, 3.05) is 5.32 Å². The van der Waals surface area contributed by atoms with Crippen LogP contribution in [0.5, 0.6) is 0 Å². The third kappa shape index (κ3) is 3.88. The van der Waals surface area contributed by atoms with E-state index in [0.717, 1.165) is 4.52 Å². The van der Waals surface area contributed by atoms with Gasteiger partial charge in [-0.2, -0.15) is 22.8 Å². The normalized spacial score (nSPS) is 11.8. The Hall–Kier alpha value is -2.77. The molecule has 0 saturated carbocycles. The van der Waals surface area contributed by atoms with Crippen LogP contribution in [0.15, 0.2) is 54.6 Å². The number of benzene rings is 2. The molecule has 0 spiro atoms. The molecule has 2 heterocycles. The van der Waals surface area contributed by atoms with Gasteiger partial charge in [0.1, 0.15) is 5.82 Å². The highest BCUT2D eigenvalue weighted by Gasteiger charge is 2.39. The average molecular weight is 437 g/mol. The zero-order chi connectivity index (χ0) is 20.8. The maximum absolute atomic E-state index is 13.8. The summed E-state index contributed by atoms with van der Waals surface area (Å²) < 4.78 is 42.5. The zero-order valence-corrected chi connectivity index (χ0v) is 16.4. The van der Waals surface area contributed by atoms with Gasteiger partial charge in [-0.05, 0) is 30.7 Å². The smallest absolute Gasteiger partial charge is 0.340 e. The first-order valence-corrected chi connectivity index (χ1v) is 9.24.